The summed E-state index contributed by atoms with van der Waals surface area (Å²) in [6, 6.07) is 0. The second-order valence-corrected chi connectivity index (χ2v) is 5.39. The third-order valence-corrected chi connectivity index (χ3v) is 3.78. The molecule has 1 rings (SSSR count). The maximum Gasteiger partial charge on any atom is 0.402 e. The van der Waals surface area contributed by atoms with Crippen LogP contribution in [-0.2, 0) is 10.0 Å². The lowest BCUT2D eigenvalue weighted by molar-refractivity contribution is -0.135. The summed E-state index contributed by atoms with van der Waals surface area (Å²) in [5.41, 5.74) is 0. The molecule has 0 aliphatic carbocycles. The molecule has 0 saturated carbocycles. The minimum atomic E-state index is -4.62. The number of halogens is 4. The van der Waals surface area contributed by atoms with Crippen molar-refractivity contribution in [1.82, 2.24) is 14.5 Å². The summed E-state index contributed by atoms with van der Waals surface area (Å²) in [7, 11) is -4.22. The largest absolute Gasteiger partial charge is 0.402 e. The summed E-state index contributed by atoms with van der Waals surface area (Å²) in [5, 5.41) is 5.61. The third-order valence-electron chi connectivity index (χ3n) is 1.80. The number of H-pyrrole nitrogens is 1. The van der Waals surface area contributed by atoms with Crippen molar-refractivity contribution in [3.8, 4) is 0 Å². The van der Waals surface area contributed by atoms with Crippen LogP contribution in [0.1, 0.15) is 0 Å². The molecule has 0 saturated heterocycles. The number of nitrogens with one attached hydrogen (secondary N) is 1. The molecule has 0 unspecified atom stereocenters. The standard InChI is InChI=1S/C7H9ClF3N3O2S/c8-1-2-14(5-7(9,10)11)17(15,16)6-3-12-13-4-6/h3-4H,1-2,5H2,(H,12,13). The topological polar surface area (TPSA) is 66.1 Å². The summed E-state index contributed by atoms with van der Waals surface area (Å²) in [4.78, 5) is -0.327. The van der Waals surface area contributed by atoms with Gasteiger partial charge in [-0.15, -0.1) is 11.6 Å². The average Bonchev–Trinajstić information content (AvgIpc) is 2.68. The van der Waals surface area contributed by atoms with Crippen LogP contribution in [0.2, 0.25) is 0 Å². The van der Waals surface area contributed by atoms with E-state index in [1.165, 1.54) is 0 Å². The molecule has 0 aromatic carbocycles. The van der Waals surface area contributed by atoms with Gasteiger partial charge in [-0.05, 0) is 0 Å². The molecule has 10 heteroatoms. The lowest BCUT2D eigenvalue weighted by Crippen LogP contribution is -2.40. The zero-order chi connectivity index (χ0) is 13.1. The number of rotatable bonds is 5. The minimum absolute atomic E-state index is 0.229. The van der Waals surface area contributed by atoms with E-state index in [4.69, 9.17) is 11.6 Å². The van der Waals surface area contributed by atoms with Crippen molar-refractivity contribution >= 4 is 21.6 Å². The van der Waals surface area contributed by atoms with Gasteiger partial charge in [-0.2, -0.15) is 22.6 Å². The summed E-state index contributed by atoms with van der Waals surface area (Å²) < 4.78 is 60.5. The first-order valence-electron chi connectivity index (χ1n) is 4.39. The first-order chi connectivity index (χ1) is 7.77. The third kappa shape index (κ3) is 3.86. The van der Waals surface area contributed by atoms with Gasteiger partial charge in [-0.3, -0.25) is 5.10 Å². The normalized spacial score (nSPS) is 13.2. The Morgan fingerprint density at radius 1 is 1.47 bits per heavy atom. The molecule has 0 aliphatic rings. The fourth-order valence-corrected chi connectivity index (χ4v) is 2.75. The molecule has 1 heterocycles. The van der Waals surface area contributed by atoms with Crippen LogP contribution in [0.3, 0.4) is 0 Å². The summed E-state index contributed by atoms with van der Waals surface area (Å²) in [5.74, 6) is -0.229. The van der Waals surface area contributed by atoms with Gasteiger partial charge in [-0.25, -0.2) is 8.42 Å². The molecule has 1 N–H and O–H groups in total. The van der Waals surface area contributed by atoms with Gasteiger partial charge in [0.05, 0.1) is 6.20 Å². The smallest absolute Gasteiger partial charge is 0.284 e. The number of hydrogen-bond donors (Lipinski definition) is 1. The van der Waals surface area contributed by atoms with Crippen molar-refractivity contribution < 1.29 is 21.6 Å². The van der Waals surface area contributed by atoms with E-state index in [9.17, 15) is 21.6 Å². The van der Waals surface area contributed by atoms with Crippen LogP contribution in [0.25, 0.3) is 0 Å². The molecule has 17 heavy (non-hydrogen) atoms. The Labute approximate surface area is 101 Å². The highest BCUT2D eigenvalue weighted by molar-refractivity contribution is 7.89. The van der Waals surface area contributed by atoms with E-state index in [-0.39, 0.29) is 15.1 Å². The van der Waals surface area contributed by atoms with Gasteiger partial charge in [0.25, 0.3) is 0 Å². The van der Waals surface area contributed by atoms with Crippen molar-refractivity contribution in [3.05, 3.63) is 12.4 Å². The first kappa shape index (κ1) is 14.3. The highest BCUT2D eigenvalue weighted by Gasteiger charge is 2.37. The van der Waals surface area contributed by atoms with E-state index in [2.05, 4.69) is 10.2 Å². The number of alkyl halides is 4. The molecule has 0 atom stereocenters. The number of sulfonamides is 1. The predicted octanol–water partition coefficient (Wildman–Crippen LogP) is 1.20. The second kappa shape index (κ2) is 5.23. The van der Waals surface area contributed by atoms with Gasteiger partial charge in [0, 0.05) is 18.6 Å². The molecule has 0 bridgehead atoms. The zero-order valence-electron chi connectivity index (χ0n) is 8.41. The fraction of sp³-hybridized carbons (Fsp3) is 0.571. The van der Waals surface area contributed by atoms with Crippen LogP contribution < -0.4 is 0 Å². The van der Waals surface area contributed by atoms with Crippen LogP contribution in [0.4, 0.5) is 13.2 Å². The van der Waals surface area contributed by atoms with Crippen LogP contribution in [0.5, 0.6) is 0 Å². The zero-order valence-corrected chi connectivity index (χ0v) is 9.98. The lowest BCUT2D eigenvalue weighted by Gasteiger charge is -2.21. The van der Waals surface area contributed by atoms with Gasteiger partial charge in [0.15, 0.2) is 0 Å². The van der Waals surface area contributed by atoms with Gasteiger partial charge in [0.2, 0.25) is 10.0 Å². The molecule has 0 aliphatic heterocycles. The predicted molar refractivity (Wildman–Crippen MR) is 54.1 cm³/mol. The molecule has 98 valence electrons. The molecular weight excluding hydrogens is 283 g/mol. The van der Waals surface area contributed by atoms with Crippen molar-refractivity contribution in [3.63, 3.8) is 0 Å². The Hall–Kier alpha value is -0.800. The van der Waals surface area contributed by atoms with E-state index in [0.29, 0.717) is 0 Å². The van der Waals surface area contributed by atoms with Crippen LogP contribution >= 0.6 is 11.6 Å². The number of aromatic amines is 1. The first-order valence-corrected chi connectivity index (χ1v) is 6.36. The molecule has 1 aromatic heterocycles. The molecule has 5 nitrogen and oxygen atoms in total. The van der Waals surface area contributed by atoms with Gasteiger partial charge in [-0.1, -0.05) is 0 Å². The maximum atomic E-state index is 12.2. The molecule has 1 aromatic rings. The second-order valence-electron chi connectivity index (χ2n) is 3.08. The van der Waals surface area contributed by atoms with Crippen molar-refractivity contribution in [2.24, 2.45) is 0 Å². The number of nitrogens with zero attached hydrogens (tertiary/aromatic N) is 2. The Morgan fingerprint density at radius 3 is 2.53 bits per heavy atom. The lowest BCUT2D eigenvalue weighted by atomic mass is 10.6. The van der Waals surface area contributed by atoms with Gasteiger partial charge < -0.3 is 0 Å². The van der Waals surface area contributed by atoms with Crippen LogP contribution in [0, 0.1) is 0 Å². The summed E-state index contributed by atoms with van der Waals surface area (Å²) >= 11 is 5.30. The Bertz CT molecular complexity index is 445. The Balaban J connectivity index is 2.99. The van der Waals surface area contributed by atoms with Crippen molar-refractivity contribution in [1.29, 1.82) is 0 Å². The monoisotopic (exact) mass is 291 g/mol. The van der Waals surface area contributed by atoms with E-state index in [1.54, 1.807) is 0 Å². The number of aromatic nitrogens is 2. The highest BCUT2D eigenvalue weighted by Crippen LogP contribution is 2.21. The summed E-state index contributed by atoms with van der Waals surface area (Å²) in [6.07, 6.45) is -2.68. The van der Waals surface area contributed by atoms with Crippen molar-refractivity contribution in [2.75, 3.05) is 19.0 Å². The average molecular weight is 292 g/mol. The van der Waals surface area contributed by atoms with Crippen molar-refractivity contribution in [2.45, 2.75) is 11.1 Å². The van der Waals surface area contributed by atoms with Crippen LogP contribution in [-0.4, -0.2) is 48.1 Å². The van der Waals surface area contributed by atoms with Gasteiger partial charge >= 0.3 is 6.18 Å². The highest BCUT2D eigenvalue weighted by atomic mass is 35.5. The molecule has 0 radical (unpaired) electrons. The van der Waals surface area contributed by atoms with E-state index < -0.39 is 29.3 Å². The van der Waals surface area contributed by atoms with E-state index in [0.717, 1.165) is 12.4 Å². The molecular formula is C7H9ClF3N3O2S. The molecule has 0 spiro atoms. The summed E-state index contributed by atoms with van der Waals surface area (Å²) in [6.45, 7) is -2.00. The number of hydrogen-bond acceptors (Lipinski definition) is 3. The van der Waals surface area contributed by atoms with E-state index >= 15 is 0 Å². The SMILES string of the molecule is O=S(=O)(c1cn[nH]c1)N(CCCl)CC(F)(F)F. The van der Waals surface area contributed by atoms with Gasteiger partial charge in [0.1, 0.15) is 11.4 Å². The quantitative estimate of drug-likeness (QED) is 0.829. The maximum absolute atomic E-state index is 12.2. The van der Waals surface area contributed by atoms with E-state index in [1.807, 2.05) is 0 Å². The molecule has 0 fully saturated rings. The molecule has 0 amide bonds. The van der Waals surface area contributed by atoms with Crippen LogP contribution in [0.15, 0.2) is 17.3 Å². The minimum Gasteiger partial charge on any atom is -0.284 e. The Kier molecular flexibility index (Phi) is 4.39. The Morgan fingerprint density at radius 2 is 2.12 bits per heavy atom. The fourth-order valence-electron chi connectivity index (χ4n) is 1.11.